The second-order valence-electron chi connectivity index (χ2n) is 5.65. The highest BCUT2D eigenvalue weighted by molar-refractivity contribution is 6.05. The lowest BCUT2D eigenvalue weighted by molar-refractivity contribution is 0.126. The van der Waals surface area contributed by atoms with Crippen molar-refractivity contribution in [3.05, 3.63) is 30.6 Å². The number of furan rings is 1. The van der Waals surface area contributed by atoms with Crippen LogP contribution in [-0.4, -0.2) is 27.2 Å². The van der Waals surface area contributed by atoms with Crippen LogP contribution < -0.4 is 5.32 Å². The largest absolute Gasteiger partial charge is 0.450 e. The molecule has 21 heavy (non-hydrogen) atoms. The molecule has 5 nitrogen and oxygen atoms in total. The molecule has 0 bridgehead atoms. The summed E-state index contributed by atoms with van der Waals surface area (Å²) >= 11 is 0. The van der Waals surface area contributed by atoms with Crippen LogP contribution in [0.4, 0.5) is 5.82 Å². The van der Waals surface area contributed by atoms with Gasteiger partial charge in [-0.25, -0.2) is 9.97 Å². The Labute approximate surface area is 122 Å². The molecule has 0 aliphatic heterocycles. The average molecular weight is 283 g/mol. The number of aliphatic hydroxyl groups excluding tert-OH is 1. The number of hydrogen-bond acceptors (Lipinski definition) is 5. The van der Waals surface area contributed by atoms with E-state index >= 15 is 0 Å². The molecule has 1 saturated carbocycles. The summed E-state index contributed by atoms with van der Waals surface area (Å²) in [6.07, 6.45) is 5.00. The number of aliphatic hydroxyl groups is 1. The first-order valence-corrected chi connectivity index (χ1v) is 7.38. The lowest BCUT2D eigenvalue weighted by Gasteiger charge is -2.26. The van der Waals surface area contributed by atoms with E-state index in [1.54, 1.807) is 6.33 Å². The van der Waals surface area contributed by atoms with Crippen molar-refractivity contribution in [3.63, 3.8) is 0 Å². The van der Waals surface area contributed by atoms with Crippen molar-refractivity contribution in [1.82, 2.24) is 9.97 Å². The molecule has 2 aromatic heterocycles. The van der Waals surface area contributed by atoms with Crippen LogP contribution in [-0.2, 0) is 0 Å². The van der Waals surface area contributed by atoms with E-state index in [0.29, 0.717) is 11.6 Å². The van der Waals surface area contributed by atoms with Crippen molar-refractivity contribution in [2.24, 2.45) is 0 Å². The van der Waals surface area contributed by atoms with Gasteiger partial charge in [0.2, 0.25) is 0 Å². The first-order chi connectivity index (χ1) is 10.3. The van der Waals surface area contributed by atoms with Gasteiger partial charge in [-0.3, -0.25) is 0 Å². The van der Waals surface area contributed by atoms with Gasteiger partial charge in [0.25, 0.3) is 0 Å². The van der Waals surface area contributed by atoms with E-state index < -0.39 is 0 Å². The zero-order chi connectivity index (χ0) is 14.2. The molecule has 1 aliphatic rings. The standard InChI is InChI=1S/C16H17N3O2/c20-11-7-5-10(6-8-11)19-16-15-14(17-9-18-16)12-3-1-2-4-13(12)21-15/h1-4,9-11,20H,5-8H2,(H,17,18,19). The highest BCUT2D eigenvalue weighted by Crippen LogP contribution is 2.31. The predicted molar refractivity (Wildman–Crippen MR) is 81.2 cm³/mol. The number of anilines is 1. The van der Waals surface area contributed by atoms with E-state index in [1.807, 2.05) is 24.3 Å². The molecule has 1 aliphatic carbocycles. The van der Waals surface area contributed by atoms with Gasteiger partial charge in [0.05, 0.1) is 6.10 Å². The Morgan fingerprint density at radius 3 is 2.76 bits per heavy atom. The summed E-state index contributed by atoms with van der Waals surface area (Å²) in [5, 5.41) is 14.0. The number of rotatable bonds is 2. The van der Waals surface area contributed by atoms with Gasteiger partial charge in [0, 0.05) is 11.4 Å². The van der Waals surface area contributed by atoms with E-state index in [9.17, 15) is 5.11 Å². The van der Waals surface area contributed by atoms with E-state index in [0.717, 1.165) is 48.0 Å². The third kappa shape index (κ3) is 2.23. The van der Waals surface area contributed by atoms with Crippen LogP contribution >= 0.6 is 0 Å². The SMILES string of the molecule is OC1CCC(Nc2ncnc3c2oc2ccccc23)CC1. The van der Waals surface area contributed by atoms with Crippen LogP contribution in [0.3, 0.4) is 0 Å². The molecular weight excluding hydrogens is 266 g/mol. The van der Waals surface area contributed by atoms with Gasteiger partial charge in [-0.05, 0) is 37.8 Å². The topological polar surface area (TPSA) is 71.2 Å². The maximum atomic E-state index is 9.59. The van der Waals surface area contributed by atoms with E-state index in [4.69, 9.17) is 4.42 Å². The Morgan fingerprint density at radius 1 is 1.10 bits per heavy atom. The molecule has 1 fully saturated rings. The fourth-order valence-electron chi connectivity index (χ4n) is 3.04. The summed E-state index contributed by atoms with van der Waals surface area (Å²) in [4.78, 5) is 8.69. The maximum Gasteiger partial charge on any atom is 0.196 e. The number of benzene rings is 1. The number of hydrogen-bond donors (Lipinski definition) is 2. The van der Waals surface area contributed by atoms with Crippen LogP contribution in [0.1, 0.15) is 25.7 Å². The molecule has 3 aromatic rings. The fraction of sp³-hybridized carbons (Fsp3) is 0.375. The van der Waals surface area contributed by atoms with Crippen molar-refractivity contribution < 1.29 is 9.52 Å². The van der Waals surface area contributed by atoms with Crippen molar-refractivity contribution >= 4 is 27.9 Å². The maximum absolute atomic E-state index is 9.59. The minimum atomic E-state index is -0.153. The van der Waals surface area contributed by atoms with Crippen LogP contribution in [0.5, 0.6) is 0 Å². The van der Waals surface area contributed by atoms with Gasteiger partial charge >= 0.3 is 0 Å². The van der Waals surface area contributed by atoms with Gasteiger partial charge in [-0.15, -0.1) is 0 Å². The minimum Gasteiger partial charge on any atom is -0.450 e. The number of fused-ring (bicyclic) bond motifs is 3. The van der Waals surface area contributed by atoms with Crippen LogP contribution in [0.2, 0.25) is 0 Å². The first kappa shape index (κ1) is 12.6. The smallest absolute Gasteiger partial charge is 0.196 e. The van der Waals surface area contributed by atoms with E-state index in [1.165, 1.54) is 0 Å². The molecule has 0 saturated heterocycles. The molecule has 2 N–H and O–H groups in total. The monoisotopic (exact) mass is 283 g/mol. The van der Waals surface area contributed by atoms with E-state index in [2.05, 4.69) is 15.3 Å². The molecule has 5 heteroatoms. The molecule has 0 radical (unpaired) electrons. The average Bonchev–Trinajstić information content (AvgIpc) is 2.89. The highest BCUT2D eigenvalue weighted by atomic mass is 16.3. The second-order valence-corrected chi connectivity index (χ2v) is 5.65. The van der Waals surface area contributed by atoms with E-state index in [-0.39, 0.29) is 6.10 Å². The number of para-hydroxylation sites is 1. The molecule has 0 amide bonds. The van der Waals surface area contributed by atoms with Gasteiger partial charge < -0.3 is 14.8 Å². The molecule has 4 rings (SSSR count). The Bertz CT molecular complexity index is 775. The predicted octanol–water partition coefficient (Wildman–Crippen LogP) is 3.09. The Morgan fingerprint density at radius 2 is 1.90 bits per heavy atom. The second kappa shape index (κ2) is 5.00. The Balaban J connectivity index is 1.72. The zero-order valence-electron chi connectivity index (χ0n) is 11.6. The molecule has 108 valence electrons. The highest BCUT2D eigenvalue weighted by Gasteiger charge is 2.21. The quantitative estimate of drug-likeness (QED) is 0.756. The fourth-order valence-corrected chi connectivity index (χ4v) is 3.04. The van der Waals surface area contributed by atoms with Crippen molar-refractivity contribution in [3.8, 4) is 0 Å². The summed E-state index contributed by atoms with van der Waals surface area (Å²) < 4.78 is 5.91. The summed E-state index contributed by atoms with van der Waals surface area (Å²) in [6.45, 7) is 0. The molecule has 0 unspecified atom stereocenters. The summed E-state index contributed by atoms with van der Waals surface area (Å²) in [6, 6.07) is 8.22. The number of nitrogens with zero attached hydrogens (tertiary/aromatic N) is 2. The van der Waals surface area contributed by atoms with Crippen LogP contribution in [0, 0.1) is 0 Å². The van der Waals surface area contributed by atoms with Crippen molar-refractivity contribution in [1.29, 1.82) is 0 Å². The summed E-state index contributed by atoms with van der Waals surface area (Å²) in [5.74, 6) is 0.748. The lowest BCUT2D eigenvalue weighted by atomic mass is 9.93. The van der Waals surface area contributed by atoms with Crippen LogP contribution in [0.15, 0.2) is 35.0 Å². The van der Waals surface area contributed by atoms with Gasteiger partial charge in [-0.1, -0.05) is 12.1 Å². The normalized spacial score (nSPS) is 22.7. The van der Waals surface area contributed by atoms with Crippen molar-refractivity contribution in [2.75, 3.05) is 5.32 Å². The summed E-state index contributed by atoms with van der Waals surface area (Å²) in [7, 11) is 0. The number of aromatic nitrogens is 2. The molecule has 1 aromatic carbocycles. The summed E-state index contributed by atoms with van der Waals surface area (Å²) in [5.41, 5.74) is 2.39. The van der Waals surface area contributed by atoms with Crippen LogP contribution in [0.25, 0.3) is 22.1 Å². The van der Waals surface area contributed by atoms with Gasteiger partial charge in [0.1, 0.15) is 17.4 Å². The first-order valence-electron chi connectivity index (χ1n) is 7.38. The molecule has 2 heterocycles. The van der Waals surface area contributed by atoms with Gasteiger partial charge in [-0.2, -0.15) is 0 Å². The molecule has 0 atom stereocenters. The Kier molecular flexibility index (Phi) is 3.00. The molecular formula is C16H17N3O2. The zero-order valence-corrected chi connectivity index (χ0v) is 11.6. The van der Waals surface area contributed by atoms with Gasteiger partial charge in [0.15, 0.2) is 11.4 Å². The molecule has 0 spiro atoms. The third-order valence-corrected chi connectivity index (χ3v) is 4.20. The minimum absolute atomic E-state index is 0.153. The third-order valence-electron chi connectivity index (χ3n) is 4.20. The Hall–Kier alpha value is -2.14. The number of nitrogens with one attached hydrogen (secondary N) is 1. The van der Waals surface area contributed by atoms with Crippen molar-refractivity contribution in [2.45, 2.75) is 37.8 Å². The lowest BCUT2D eigenvalue weighted by Crippen LogP contribution is -2.28.